The van der Waals surface area contributed by atoms with Gasteiger partial charge in [0.05, 0.1) is 17.4 Å². The van der Waals surface area contributed by atoms with Gasteiger partial charge in [-0.05, 0) is 31.5 Å². The molecule has 0 bridgehead atoms. The highest BCUT2D eigenvalue weighted by atomic mass is 14.9. The number of fused-ring (bicyclic) bond motifs is 1. The van der Waals surface area contributed by atoms with E-state index in [4.69, 9.17) is 0 Å². The van der Waals surface area contributed by atoms with E-state index in [9.17, 15) is 0 Å². The molecule has 3 nitrogen and oxygen atoms in total. The molecule has 1 atom stereocenters. The van der Waals surface area contributed by atoms with Crippen molar-refractivity contribution in [1.29, 1.82) is 0 Å². The van der Waals surface area contributed by atoms with Crippen molar-refractivity contribution in [2.75, 3.05) is 5.32 Å². The monoisotopic (exact) mass is 203 g/mol. The van der Waals surface area contributed by atoms with Crippen LogP contribution in [0, 0.1) is 0 Å². The highest BCUT2D eigenvalue weighted by molar-refractivity contribution is 5.78. The van der Waals surface area contributed by atoms with Gasteiger partial charge in [-0.15, -0.1) is 0 Å². The third-order valence-electron chi connectivity index (χ3n) is 2.55. The van der Waals surface area contributed by atoms with Crippen LogP contribution in [0.5, 0.6) is 0 Å². The molecule has 1 aromatic heterocycles. The summed E-state index contributed by atoms with van der Waals surface area (Å²) in [5.74, 6) is 0. The lowest BCUT2D eigenvalue weighted by molar-refractivity contribution is 0.690. The molecule has 0 saturated carbocycles. The molecule has 0 aliphatic carbocycles. The van der Waals surface area contributed by atoms with E-state index in [1.54, 1.807) is 6.33 Å². The van der Waals surface area contributed by atoms with Crippen LogP contribution in [-0.4, -0.2) is 16.0 Å². The maximum Gasteiger partial charge on any atom is 0.0931 e. The number of nitrogens with zero attached hydrogens (tertiary/aromatic N) is 1. The molecule has 80 valence electrons. The smallest absolute Gasteiger partial charge is 0.0931 e. The number of hydrogen-bond acceptors (Lipinski definition) is 2. The molecule has 15 heavy (non-hydrogen) atoms. The van der Waals surface area contributed by atoms with E-state index in [0.29, 0.717) is 6.04 Å². The second kappa shape index (κ2) is 4.34. The number of aromatic nitrogens is 2. The van der Waals surface area contributed by atoms with Gasteiger partial charge in [-0.1, -0.05) is 13.3 Å². The molecular weight excluding hydrogens is 186 g/mol. The predicted octanol–water partition coefficient (Wildman–Crippen LogP) is 3.16. The second-order valence-electron chi connectivity index (χ2n) is 3.97. The fourth-order valence-corrected chi connectivity index (χ4v) is 1.82. The van der Waals surface area contributed by atoms with Crippen LogP contribution in [-0.2, 0) is 0 Å². The van der Waals surface area contributed by atoms with Crippen molar-refractivity contribution < 1.29 is 0 Å². The normalized spacial score (nSPS) is 12.9. The van der Waals surface area contributed by atoms with Crippen LogP contribution < -0.4 is 5.32 Å². The first-order valence-electron chi connectivity index (χ1n) is 5.49. The Morgan fingerprint density at radius 2 is 2.33 bits per heavy atom. The van der Waals surface area contributed by atoms with Crippen LogP contribution in [0.4, 0.5) is 5.69 Å². The minimum Gasteiger partial charge on any atom is -0.383 e. The van der Waals surface area contributed by atoms with E-state index in [0.717, 1.165) is 16.7 Å². The summed E-state index contributed by atoms with van der Waals surface area (Å²) >= 11 is 0. The molecule has 2 aromatic rings. The van der Waals surface area contributed by atoms with E-state index in [2.05, 4.69) is 41.3 Å². The quantitative estimate of drug-likeness (QED) is 0.801. The standard InChI is InChI=1S/C12H17N3/c1-3-4-9(2)15-10-5-6-11-12(7-10)14-8-13-11/h5-9,15H,3-4H2,1-2H3,(H,13,14). The lowest BCUT2D eigenvalue weighted by atomic mass is 10.2. The van der Waals surface area contributed by atoms with Gasteiger partial charge in [-0.25, -0.2) is 4.98 Å². The van der Waals surface area contributed by atoms with Gasteiger partial charge < -0.3 is 10.3 Å². The van der Waals surface area contributed by atoms with Gasteiger partial charge in [0.25, 0.3) is 0 Å². The van der Waals surface area contributed by atoms with Crippen molar-refractivity contribution in [2.45, 2.75) is 32.7 Å². The van der Waals surface area contributed by atoms with Gasteiger partial charge in [0, 0.05) is 11.7 Å². The summed E-state index contributed by atoms with van der Waals surface area (Å²) in [5.41, 5.74) is 3.26. The Kier molecular flexibility index (Phi) is 2.90. The fourth-order valence-electron chi connectivity index (χ4n) is 1.82. The van der Waals surface area contributed by atoms with Crippen molar-refractivity contribution in [3.63, 3.8) is 0 Å². The molecule has 1 aromatic carbocycles. The molecular formula is C12H17N3. The van der Waals surface area contributed by atoms with Crippen LogP contribution in [0.2, 0.25) is 0 Å². The van der Waals surface area contributed by atoms with Crippen molar-refractivity contribution in [1.82, 2.24) is 9.97 Å². The van der Waals surface area contributed by atoms with Gasteiger partial charge in [-0.3, -0.25) is 0 Å². The molecule has 1 unspecified atom stereocenters. The van der Waals surface area contributed by atoms with E-state index in [-0.39, 0.29) is 0 Å². The second-order valence-corrected chi connectivity index (χ2v) is 3.97. The summed E-state index contributed by atoms with van der Waals surface area (Å²) in [6, 6.07) is 6.74. The zero-order valence-corrected chi connectivity index (χ0v) is 9.25. The van der Waals surface area contributed by atoms with Crippen LogP contribution in [0.1, 0.15) is 26.7 Å². The summed E-state index contributed by atoms with van der Waals surface area (Å²) in [6.07, 6.45) is 4.13. The van der Waals surface area contributed by atoms with Gasteiger partial charge in [0.15, 0.2) is 0 Å². The molecule has 0 fully saturated rings. The summed E-state index contributed by atoms with van der Waals surface area (Å²) < 4.78 is 0. The van der Waals surface area contributed by atoms with Gasteiger partial charge >= 0.3 is 0 Å². The van der Waals surface area contributed by atoms with E-state index in [1.807, 2.05) is 6.07 Å². The largest absolute Gasteiger partial charge is 0.383 e. The average Bonchev–Trinajstić information content (AvgIpc) is 2.65. The van der Waals surface area contributed by atoms with Crippen molar-refractivity contribution in [3.8, 4) is 0 Å². The molecule has 0 aliphatic heterocycles. The van der Waals surface area contributed by atoms with Crippen LogP contribution in [0.3, 0.4) is 0 Å². The van der Waals surface area contributed by atoms with Gasteiger partial charge in [0.2, 0.25) is 0 Å². The Balaban J connectivity index is 2.14. The number of rotatable bonds is 4. The first-order chi connectivity index (χ1) is 7.29. The Hall–Kier alpha value is -1.51. The minimum atomic E-state index is 0.523. The van der Waals surface area contributed by atoms with Crippen molar-refractivity contribution in [3.05, 3.63) is 24.5 Å². The highest BCUT2D eigenvalue weighted by Gasteiger charge is 2.02. The number of aromatic amines is 1. The first-order valence-corrected chi connectivity index (χ1v) is 5.49. The van der Waals surface area contributed by atoms with Crippen LogP contribution in [0.15, 0.2) is 24.5 Å². The number of anilines is 1. The SMILES string of the molecule is CCCC(C)Nc1ccc2nc[nH]c2c1. The maximum atomic E-state index is 4.19. The fraction of sp³-hybridized carbons (Fsp3) is 0.417. The highest BCUT2D eigenvalue weighted by Crippen LogP contribution is 2.17. The first kappa shape index (κ1) is 10.0. The van der Waals surface area contributed by atoms with Crippen LogP contribution >= 0.6 is 0 Å². The Morgan fingerprint density at radius 1 is 1.47 bits per heavy atom. The number of hydrogen-bond donors (Lipinski definition) is 2. The Labute approximate surface area is 89.9 Å². The van der Waals surface area contributed by atoms with Crippen molar-refractivity contribution >= 4 is 16.7 Å². The van der Waals surface area contributed by atoms with Crippen molar-refractivity contribution in [2.24, 2.45) is 0 Å². The van der Waals surface area contributed by atoms with E-state index in [1.165, 1.54) is 12.8 Å². The summed E-state index contributed by atoms with van der Waals surface area (Å²) in [5, 5.41) is 3.48. The molecule has 1 heterocycles. The van der Waals surface area contributed by atoms with E-state index < -0.39 is 0 Å². The average molecular weight is 203 g/mol. The Bertz CT molecular complexity index is 433. The zero-order valence-electron chi connectivity index (χ0n) is 9.25. The van der Waals surface area contributed by atoms with Crippen LogP contribution in [0.25, 0.3) is 11.0 Å². The molecule has 0 saturated heterocycles. The minimum absolute atomic E-state index is 0.523. The maximum absolute atomic E-state index is 4.19. The lowest BCUT2D eigenvalue weighted by Gasteiger charge is -2.13. The topological polar surface area (TPSA) is 40.7 Å². The summed E-state index contributed by atoms with van der Waals surface area (Å²) in [4.78, 5) is 7.31. The number of nitrogens with one attached hydrogen (secondary N) is 2. The zero-order chi connectivity index (χ0) is 10.7. The van der Waals surface area contributed by atoms with E-state index >= 15 is 0 Å². The molecule has 2 rings (SSSR count). The van der Waals surface area contributed by atoms with Gasteiger partial charge in [0.1, 0.15) is 0 Å². The molecule has 0 radical (unpaired) electrons. The lowest BCUT2D eigenvalue weighted by Crippen LogP contribution is -2.14. The molecule has 2 N–H and O–H groups in total. The number of benzene rings is 1. The summed E-state index contributed by atoms with van der Waals surface area (Å²) in [7, 11) is 0. The molecule has 0 spiro atoms. The Morgan fingerprint density at radius 3 is 3.13 bits per heavy atom. The predicted molar refractivity (Wildman–Crippen MR) is 64.1 cm³/mol. The summed E-state index contributed by atoms with van der Waals surface area (Å²) in [6.45, 7) is 4.41. The third kappa shape index (κ3) is 2.29. The number of imidazole rings is 1. The van der Waals surface area contributed by atoms with Gasteiger partial charge in [-0.2, -0.15) is 0 Å². The molecule has 0 amide bonds. The third-order valence-corrected chi connectivity index (χ3v) is 2.55. The molecule has 0 aliphatic rings. The molecule has 3 heteroatoms. The number of H-pyrrole nitrogens is 1.